The predicted octanol–water partition coefficient (Wildman–Crippen LogP) is -0.214. The normalized spacial score (nSPS) is 24.7. The molecule has 0 bridgehead atoms. The van der Waals surface area contributed by atoms with Crippen LogP contribution in [0.15, 0.2) is 5.16 Å². The summed E-state index contributed by atoms with van der Waals surface area (Å²) in [5.41, 5.74) is 5.20. The van der Waals surface area contributed by atoms with Crippen molar-refractivity contribution in [3.05, 3.63) is 0 Å². The van der Waals surface area contributed by atoms with Crippen molar-refractivity contribution < 1.29 is 14.7 Å². The van der Waals surface area contributed by atoms with Gasteiger partial charge in [-0.3, -0.25) is 0 Å². The molecule has 5 heteroatoms. The van der Waals surface area contributed by atoms with Gasteiger partial charge in [0.05, 0.1) is 13.2 Å². The molecule has 0 amide bonds. The molecule has 0 aromatic rings. The summed E-state index contributed by atoms with van der Waals surface area (Å²) < 4.78 is 10.3. The number of ether oxygens (including phenoxy) is 2. The fourth-order valence-corrected chi connectivity index (χ4v) is 1.07. The quantitative estimate of drug-likeness (QED) is 0.267. The molecule has 70 valence electrons. The Morgan fingerprint density at radius 3 is 3.17 bits per heavy atom. The Balaban J connectivity index is 2.01. The Morgan fingerprint density at radius 2 is 2.58 bits per heavy atom. The molecule has 5 nitrogen and oxygen atoms in total. The maximum absolute atomic E-state index is 8.19. The monoisotopic (exact) mass is 174 g/mol. The first-order valence-corrected chi connectivity index (χ1v) is 3.95. The van der Waals surface area contributed by atoms with Crippen LogP contribution in [0.3, 0.4) is 0 Å². The smallest absolute Gasteiger partial charge is 0.165 e. The maximum atomic E-state index is 8.19. The van der Waals surface area contributed by atoms with Gasteiger partial charge in [-0.15, -0.1) is 0 Å². The molecule has 0 aromatic carbocycles. The number of nitrogens with two attached hydrogens (primary N) is 1. The number of amidine groups is 1. The lowest BCUT2D eigenvalue weighted by Crippen LogP contribution is -2.21. The van der Waals surface area contributed by atoms with Crippen LogP contribution in [0.25, 0.3) is 0 Å². The standard InChI is InChI=1S/C7H14N2O3/c8-7(9-10)5-12-4-6-1-2-11-3-6/h6,10H,1-5H2,(H2,8,9). The molecule has 3 N–H and O–H groups in total. The largest absolute Gasteiger partial charge is 0.409 e. The molecule has 12 heavy (non-hydrogen) atoms. The SMILES string of the molecule is N/C(COCC1CCOC1)=N\O. The molecule has 1 atom stereocenters. The Labute approximate surface area is 71.1 Å². The van der Waals surface area contributed by atoms with E-state index in [1.165, 1.54) is 0 Å². The van der Waals surface area contributed by atoms with E-state index in [4.69, 9.17) is 20.4 Å². The third-order valence-electron chi connectivity index (χ3n) is 1.76. The van der Waals surface area contributed by atoms with Crippen LogP contribution >= 0.6 is 0 Å². The van der Waals surface area contributed by atoms with Gasteiger partial charge in [-0.1, -0.05) is 5.16 Å². The molecule has 0 aromatic heterocycles. The molecule has 1 heterocycles. The van der Waals surface area contributed by atoms with Crippen molar-refractivity contribution in [2.45, 2.75) is 6.42 Å². The highest BCUT2D eigenvalue weighted by Gasteiger charge is 2.15. The van der Waals surface area contributed by atoms with Gasteiger partial charge in [-0.25, -0.2) is 0 Å². The number of hydrogen-bond donors (Lipinski definition) is 2. The van der Waals surface area contributed by atoms with Crippen LogP contribution in [0.1, 0.15) is 6.42 Å². The van der Waals surface area contributed by atoms with Crippen LogP contribution in [-0.4, -0.2) is 37.5 Å². The third kappa shape index (κ3) is 3.06. The average Bonchev–Trinajstić information content (AvgIpc) is 2.57. The minimum atomic E-state index is 0.105. The summed E-state index contributed by atoms with van der Waals surface area (Å²) in [5, 5.41) is 11.0. The van der Waals surface area contributed by atoms with Crippen LogP contribution in [0.4, 0.5) is 0 Å². The highest BCUT2D eigenvalue weighted by Crippen LogP contribution is 2.11. The summed E-state index contributed by atoms with van der Waals surface area (Å²) >= 11 is 0. The van der Waals surface area contributed by atoms with Crippen LogP contribution in [0.2, 0.25) is 0 Å². The van der Waals surface area contributed by atoms with Crippen molar-refractivity contribution in [1.82, 2.24) is 0 Å². The zero-order valence-electron chi connectivity index (χ0n) is 6.90. The molecule has 1 rings (SSSR count). The van der Waals surface area contributed by atoms with Gasteiger partial charge in [0.25, 0.3) is 0 Å². The van der Waals surface area contributed by atoms with E-state index in [9.17, 15) is 0 Å². The Bertz CT molecular complexity index is 155. The first-order chi connectivity index (χ1) is 5.83. The molecule has 0 saturated carbocycles. The minimum absolute atomic E-state index is 0.105. The summed E-state index contributed by atoms with van der Waals surface area (Å²) in [4.78, 5) is 0. The fourth-order valence-electron chi connectivity index (χ4n) is 1.07. The minimum Gasteiger partial charge on any atom is -0.409 e. The second-order valence-corrected chi connectivity index (χ2v) is 2.84. The highest BCUT2D eigenvalue weighted by atomic mass is 16.5. The van der Waals surface area contributed by atoms with Crippen LogP contribution in [0.5, 0.6) is 0 Å². The second kappa shape index (κ2) is 4.95. The van der Waals surface area contributed by atoms with Crippen LogP contribution < -0.4 is 5.73 Å². The molecule has 0 radical (unpaired) electrons. The third-order valence-corrected chi connectivity index (χ3v) is 1.76. The van der Waals surface area contributed by atoms with Gasteiger partial charge in [0.2, 0.25) is 0 Å². The molecule has 1 aliphatic heterocycles. The zero-order valence-corrected chi connectivity index (χ0v) is 6.90. The molecular weight excluding hydrogens is 160 g/mol. The van der Waals surface area contributed by atoms with Crippen molar-refractivity contribution in [3.8, 4) is 0 Å². The van der Waals surface area contributed by atoms with E-state index in [1.54, 1.807) is 0 Å². The van der Waals surface area contributed by atoms with Crippen molar-refractivity contribution in [2.24, 2.45) is 16.8 Å². The molecular formula is C7H14N2O3. The number of hydrogen-bond acceptors (Lipinski definition) is 4. The molecule has 0 aliphatic carbocycles. The van der Waals surface area contributed by atoms with E-state index < -0.39 is 0 Å². The van der Waals surface area contributed by atoms with Gasteiger partial charge in [-0.05, 0) is 6.42 Å². The van der Waals surface area contributed by atoms with E-state index >= 15 is 0 Å². The molecule has 0 spiro atoms. The molecule has 1 aliphatic rings. The summed E-state index contributed by atoms with van der Waals surface area (Å²) in [6.07, 6.45) is 1.04. The van der Waals surface area contributed by atoms with Gasteiger partial charge in [0, 0.05) is 12.5 Å². The second-order valence-electron chi connectivity index (χ2n) is 2.84. The van der Waals surface area contributed by atoms with Crippen molar-refractivity contribution in [3.63, 3.8) is 0 Å². The molecule has 1 unspecified atom stereocenters. The Morgan fingerprint density at radius 1 is 1.75 bits per heavy atom. The summed E-state index contributed by atoms with van der Waals surface area (Å²) in [5.74, 6) is 0.574. The van der Waals surface area contributed by atoms with Crippen molar-refractivity contribution in [2.75, 3.05) is 26.4 Å². The van der Waals surface area contributed by atoms with Crippen LogP contribution in [-0.2, 0) is 9.47 Å². The van der Waals surface area contributed by atoms with Gasteiger partial charge in [0.1, 0.15) is 6.61 Å². The van der Waals surface area contributed by atoms with Gasteiger partial charge >= 0.3 is 0 Å². The number of rotatable bonds is 4. The first-order valence-electron chi connectivity index (χ1n) is 3.95. The van der Waals surface area contributed by atoms with Gasteiger partial charge in [0.15, 0.2) is 5.84 Å². The van der Waals surface area contributed by atoms with Gasteiger partial charge in [-0.2, -0.15) is 0 Å². The fraction of sp³-hybridized carbons (Fsp3) is 0.857. The molecule has 1 fully saturated rings. The lowest BCUT2D eigenvalue weighted by Gasteiger charge is -2.07. The topological polar surface area (TPSA) is 77.1 Å². The van der Waals surface area contributed by atoms with E-state index in [1.807, 2.05) is 0 Å². The lowest BCUT2D eigenvalue weighted by molar-refractivity contribution is 0.112. The average molecular weight is 174 g/mol. The first kappa shape index (κ1) is 9.28. The number of nitrogens with zero attached hydrogens (tertiary/aromatic N) is 1. The van der Waals surface area contributed by atoms with E-state index in [2.05, 4.69) is 5.16 Å². The van der Waals surface area contributed by atoms with E-state index in [0.29, 0.717) is 12.5 Å². The zero-order chi connectivity index (χ0) is 8.81. The maximum Gasteiger partial charge on any atom is 0.165 e. The van der Waals surface area contributed by atoms with Gasteiger partial charge < -0.3 is 20.4 Å². The summed E-state index contributed by atoms with van der Waals surface area (Å²) in [6, 6.07) is 0. The highest BCUT2D eigenvalue weighted by molar-refractivity contribution is 5.80. The van der Waals surface area contributed by atoms with Crippen LogP contribution in [0, 0.1) is 5.92 Å². The van der Waals surface area contributed by atoms with Crippen molar-refractivity contribution in [1.29, 1.82) is 0 Å². The summed E-state index contributed by atoms with van der Waals surface area (Å²) in [7, 11) is 0. The summed E-state index contributed by atoms with van der Waals surface area (Å²) in [6.45, 7) is 2.39. The van der Waals surface area contributed by atoms with E-state index in [0.717, 1.165) is 19.6 Å². The Hall–Kier alpha value is -0.810. The lowest BCUT2D eigenvalue weighted by atomic mass is 10.1. The van der Waals surface area contributed by atoms with Crippen molar-refractivity contribution >= 4 is 5.84 Å². The number of oxime groups is 1. The predicted molar refractivity (Wildman–Crippen MR) is 43.2 cm³/mol. The Kier molecular flexibility index (Phi) is 3.83. The van der Waals surface area contributed by atoms with E-state index in [-0.39, 0.29) is 12.4 Å². The molecule has 1 saturated heterocycles.